The maximum Gasteiger partial charge on any atom is 0.213 e. The molecule has 0 atom stereocenters. The van der Waals surface area contributed by atoms with Crippen molar-refractivity contribution in [1.29, 1.82) is 0 Å². The minimum atomic E-state index is -0.252. The quantitative estimate of drug-likeness (QED) is 0.394. The molecule has 0 aliphatic carbocycles. The zero-order valence-corrected chi connectivity index (χ0v) is 19.1. The number of hydrogen-bond donors (Lipinski definition) is 1. The SMILES string of the molecule is CC(C)(C)Oc1ccc(CN=C(N)N2CCN(c3nccs3)CC2)cn1.I. The lowest BCUT2D eigenvalue weighted by atomic mass is 10.2. The van der Waals surface area contributed by atoms with Gasteiger partial charge in [0.1, 0.15) is 5.60 Å². The van der Waals surface area contributed by atoms with E-state index in [9.17, 15) is 0 Å². The van der Waals surface area contributed by atoms with Gasteiger partial charge in [0.25, 0.3) is 0 Å². The van der Waals surface area contributed by atoms with Gasteiger partial charge in [0, 0.05) is 50.0 Å². The number of aliphatic imine (C=N–C) groups is 1. The van der Waals surface area contributed by atoms with Crippen LogP contribution in [0, 0.1) is 0 Å². The Morgan fingerprint density at radius 1 is 1.22 bits per heavy atom. The third kappa shape index (κ3) is 6.49. The smallest absolute Gasteiger partial charge is 0.213 e. The predicted molar refractivity (Wildman–Crippen MR) is 121 cm³/mol. The van der Waals surface area contributed by atoms with Gasteiger partial charge >= 0.3 is 0 Å². The number of nitrogens with zero attached hydrogens (tertiary/aromatic N) is 5. The summed E-state index contributed by atoms with van der Waals surface area (Å²) in [6.45, 7) is 10.0. The summed E-state index contributed by atoms with van der Waals surface area (Å²) in [4.78, 5) is 17.6. The highest BCUT2D eigenvalue weighted by atomic mass is 127. The van der Waals surface area contributed by atoms with Crippen LogP contribution < -0.4 is 15.4 Å². The van der Waals surface area contributed by atoms with E-state index in [1.54, 1.807) is 17.5 Å². The maximum atomic E-state index is 6.17. The average molecular weight is 502 g/mol. The van der Waals surface area contributed by atoms with Crippen LogP contribution in [0.5, 0.6) is 5.88 Å². The fraction of sp³-hybridized carbons (Fsp3) is 0.500. The third-order valence-corrected chi connectivity index (χ3v) is 4.76. The van der Waals surface area contributed by atoms with E-state index in [0.29, 0.717) is 18.4 Å². The van der Waals surface area contributed by atoms with Crippen LogP contribution >= 0.6 is 35.3 Å². The Morgan fingerprint density at radius 3 is 2.52 bits per heavy atom. The first-order valence-electron chi connectivity index (χ1n) is 8.74. The lowest BCUT2D eigenvalue weighted by Crippen LogP contribution is -2.51. The molecule has 1 saturated heterocycles. The van der Waals surface area contributed by atoms with Crippen LogP contribution in [0.1, 0.15) is 26.3 Å². The number of guanidine groups is 1. The number of anilines is 1. The van der Waals surface area contributed by atoms with Crippen molar-refractivity contribution >= 4 is 46.4 Å². The molecule has 1 aliphatic heterocycles. The second-order valence-electron chi connectivity index (χ2n) is 7.18. The monoisotopic (exact) mass is 502 g/mol. The van der Waals surface area contributed by atoms with Crippen molar-refractivity contribution in [2.45, 2.75) is 32.9 Å². The summed E-state index contributed by atoms with van der Waals surface area (Å²) >= 11 is 1.67. The molecule has 0 amide bonds. The molecule has 0 aromatic carbocycles. The van der Waals surface area contributed by atoms with Crippen LogP contribution in [0.2, 0.25) is 0 Å². The number of piperazine rings is 1. The van der Waals surface area contributed by atoms with Gasteiger partial charge in [-0.05, 0) is 26.3 Å². The first-order valence-corrected chi connectivity index (χ1v) is 9.62. The summed E-state index contributed by atoms with van der Waals surface area (Å²) < 4.78 is 5.73. The molecule has 7 nitrogen and oxygen atoms in total. The highest BCUT2D eigenvalue weighted by Crippen LogP contribution is 2.19. The third-order valence-electron chi connectivity index (χ3n) is 3.93. The average Bonchev–Trinajstić information content (AvgIpc) is 3.14. The van der Waals surface area contributed by atoms with Gasteiger partial charge in [-0.15, -0.1) is 35.3 Å². The topological polar surface area (TPSA) is 79.9 Å². The molecule has 0 spiro atoms. The fourth-order valence-electron chi connectivity index (χ4n) is 2.65. The zero-order valence-electron chi connectivity index (χ0n) is 16.0. The van der Waals surface area contributed by atoms with Crippen LogP contribution in [0.15, 0.2) is 34.9 Å². The summed E-state index contributed by atoms with van der Waals surface area (Å²) in [7, 11) is 0. The standard InChI is InChI=1S/C18H26N6OS.HI/c1-18(2,3)25-15-5-4-14(12-21-15)13-22-16(19)23-7-9-24(10-8-23)17-20-6-11-26-17;/h4-6,11-12H,7-10,13H2,1-3H3,(H2,19,22);1H. The van der Waals surface area contributed by atoms with Crippen molar-refractivity contribution in [3.8, 4) is 5.88 Å². The molecule has 0 radical (unpaired) electrons. The normalized spacial score (nSPS) is 15.4. The minimum absolute atomic E-state index is 0. The van der Waals surface area contributed by atoms with E-state index in [4.69, 9.17) is 10.5 Å². The molecule has 2 aromatic heterocycles. The second-order valence-corrected chi connectivity index (χ2v) is 8.06. The number of nitrogens with two attached hydrogens (primary N) is 1. The van der Waals surface area contributed by atoms with E-state index in [1.165, 1.54) is 0 Å². The Labute approximate surface area is 181 Å². The maximum absolute atomic E-state index is 6.17. The van der Waals surface area contributed by atoms with Crippen molar-refractivity contribution in [2.75, 3.05) is 31.1 Å². The summed E-state index contributed by atoms with van der Waals surface area (Å²) in [6, 6.07) is 3.85. The summed E-state index contributed by atoms with van der Waals surface area (Å²) in [6.07, 6.45) is 3.63. The lowest BCUT2D eigenvalue weighted by molar-refractivity contribution is 0.124. The van der Waals surface area contributed by atoms with Gasteiger partial charge in [0.15, 0.2) is 11.1 Å². The van der Waals surface area contributed by atoms with E-state index in [2.05, 4.69) is 24.8 Å². The predicted octanol–water partition coefficient (Wildman–Crippen LogP) is 2.97. The first kappa shape index (κ1) is 21.7. The Hall–Kier alpha value is -1.62. The van der Waals surface area contributed by atoms with Gasteiger partial charge in [-0.2, -0.15) is 0 Å². The fourth-order valence-corrected chi connectivity index (χ4v) is 3.35. The summed E-state index contributed by atoms with van der Waals surface area (Å²) in [5.41, 5.74) is 6.93. The molecule has 1 aliphatic rings. The number of aromatic nitrogens is 2. The molecule has 148 valence electrons. The Balaban J connectivity index is 0.00000261. The van der Waals surface area contributed by atoms with E-state index in [0.717, 1.165) is 36.9 Å². The van der Waals surface area contributed by atoms with Crippen molar-refractivity contribution in [2.24, 2.45) is 10.7 Å². The van der Waals surface area contributed by atoms with Gasteiger partial charge in [-0.25, -0.2) is 15.0 Å². The van der Waals surface area contributed by atoms with Gasteiger partial charge in [0.05, 0.1) is 6.54 Å². The summed E-state index contributed by atoms with van der Waals surface area (Å²) in [5.74, 6) is 1.20. The molecule has 2 aromatic rings. The van der Waals surface area contributed by atoms with Gasteiger partial charge in [-0.3, -0.25) is 0 Å². The van der Waals surface area contributed by atoms with E-state index >= 15 is 0 Å². The van der Waals surface area contributed by atoms with Crippen molar-refractivity contribution in [1.82, 2.24) is 14.9 Å². The van der Waals surface area contributed by atoms with Crippen LogP contribution in [0.3, 0.4) is 0 Å². The van der Waals surface area contributed by atoms with E-state index < -0.39 is 0 Å². The molecular formula is C18H27IN6OS. The van der Waals surface area contributed by atoms with Crippen LogP contribution in [0.4, 0.5) is 5.13 Å². The van der Waals surface area contributed by atoms with Gasteiger partial charge in [0.2, 0.25) is 5.88 Å². The lowest BCUT2D eigenvalue weighted by Gasteiger charge is -2.35. The largest absolute Gasteiger partial charge is 0.472 e. The summed E-state index contributed by atoms with van der Waals surface area (Å²) in [5, 5.41) is 3.08. The number of rotatable bonds is 4. The van der Waals surface area contributed by atoms with E-state index in [-0.39, 0.29) is 29.6 Å². The number of halogens is 1. The molecule has 0 bridgehead atoms. The highest BCUT2D eigenvalue weighted by molar-refractivity contribution is 14.0. The van der Waals surface area contributed by atoms with Gasteiger partial charge in [-0.1, -0.05) is 6.07 Å². The Bertz CT molecular complexity index is 721. The molecule has 27 heavy (non-hydrogen) atoms. The van der Waals surface area contributed by atoms with E-state index in [1.807, 2.05) is 44.5 Å². The number of hydrogen-bond acceptors (Lipinski definition) is 6. The van der Waals surface area contributed by atoms with Gasteiger partial charge < -0.3 is 20.3 Å². The van der Waals surface area contributed by atoms with Crippen LogP contribution in [-0.4, -0.2) is 52.6 Å². The minimum Gasteiger partial charge on any atom is -0.472 e. The Kier molecular flexibility index (Phi) is 7.66. The molecule has 0 saturated carbocycles. The first-order chi connectivity index (χ1) is 12.4. The van der Waals surface area contributed by atoms with Crippen molar-refractivity contribution in [3.63, 3.8) is 0 Å². The molecule has 3 heterocycles. The number of pyridine rings is 1. The molecule has 1 fully saturated rings. The molecule has 2 N–H and O–H groups in total. The van der Waals surface area contributed by atoms with Crippen molar-refractivity contribution < 1.29 is 4.74 Å². The van der Waals surface area contributed by atoms with Crippen LogP contribution in [0.25, 0.3) is 0 Å². The highest BCUT2D eigenvalue weighted by Gasteiger charge is 2.19. The molecular weight excluding hydrogens is 475 g/mol. The molecule has 3 rings (SSSR count). The number of thiazole rings is 1. The van der Waals surface area contributed by atoms with Crippen LogP contribution in [-0.2, 0) is 6.54 Å². The number of ether oxygens (including phenoxy) is 1. The molecule has 0 unspecified atom stereocenters. The zero-order chi connectivity index (χ0) is 18.6. The van der Waals surface area contributed by atoms with Crippen molar-refractivity contribution in [3.05, 3.63) is 35.5 Å². The Morgan fingerprint density at radius 2 is 1.96 bits per heavy atom. The molecule has 9 heteroatoms. The second kappa shape index (κ2) is 9.54.